The molecule has 2 heterocycles. The molecule has 128 valence electrons. The first-order valence-corrected chi connectivity index (χ1v) is 9.40. The Morgan fingerprint density at radius 2 is 1.79 bits per heavy atom. The van der Waals surface area contributed by atoms with Crippen LogP contribution in [0.15, 0.2) is 24.3 Å². The first-order chi connectivity index (χ1) is 11.7. The molecule has 1 aromatic carbocycles. The number of hydrogen-bond donors (Lipinski definition) is 0. The Morgan fingerprint density at radius 3 is 2.62 bits per heavy atom. The van der Waals surface area contributed by atoms with Crippen molar-refractivity contribution in [3.8, 4) is 0 Å². The van der Waals surface area contributed by atoms with Crippen LogP contribution in [0.1, 0.15) is 55.6 Å². The Labute approximate surface area is 143 Å². The van der Waals surface area contributed by atoms with Gasteiger partial charge in [0.1, 0.15) is 6.04 Å². The molecule has 2 atom stereocenters. The number of carbonyl (C=O) groups excluding carboxylic acids is 2. The third-order valence-electron chi connectivity index (χ3n) is 5.95. The Kier molecular flexibility index (Phi) is 4.30. The molecule has 4 nitrogen and oxygen atoms in total. The van der Waals surface area contributed by atoms with Crippen LogP contribution < -0.4 is 0 Å². The highest BCUT2D eigenvalue weighted by Crippen LogP contribution is 2.36. The lowest BCUT2D eigenvalue weighted by molar-refractivity contribution is -0.143. The minimum atomic E-state index is -0.202. The van der Waals surface area contributed by atoms with Crippen LogP contribution in [0, 0.1) is 0 Å². The molecule has 24 heavy (non-hydrogen) atoms. The van der Waals surface area contributed by atoms with E-state index in [0.29, 0.717) is 12.3 Å². The summed E-state index contributed by atoms with van der Waals surface area (Å²) in [6, 6.07) is 8.28. The quantitative estimate of drug-likeness (QED) is 0.857. The van der Waals surface area contributed by atoms with Crippen molar-refractivity contribution in [1.29, 1.82) is 0 Å². The van der Waals surface area contributed by atoms with Gasteiger partial charge in [-0.3, -0.25) is 9.59 Å². The van der Waals surface area contributed by atoms with Crippen LogP contribution in [0.4, 0.5) is 0 Å². The highest BCUT2D eigenvalue weighted by molar-refractivity contribution is 5.88. The van der Waals surface area contributed by atoms with Crippen molar-refractivity contribution in [3.05, 3.63) is 35.4 Å². The molecule has 2 saturated heterocycles. The van der Waals surface area contributed by atoms with Crippen molar-refractivity contribution in [2.75, 3.05) is 19.6 Å². The summed E-state index contributed by atoms with van der Waals surface area (Å²) >= 11 is 0. The number of nitrogens with zero attached hydrogens (tertiary/aromatic N) is 2. The number of rotatable bonds is 3. The minimum absolute atomic E-state index is 0.173. The van der Waals surface area contributed by atoms with Crippen LogP contribution >= 0.6 is 0 Å². The fourth-order valence-electron chi connectivity index (χ4n) is 4.66. The zero-order valence-electron chi connectivity index (χ0n) is 14.2. The average Bonchev–Trinajstić information content (AvgIpc) is 3.35. The number of aryl methyl sites for hydroxylation is 1. The molecule has 2 aliphatic heterocycles. The largest absolute Gasteiger partial charge is 0.341 e. The summed E-state index contributed by atoms with van der Waals surface area (Å²) < 4.78 is 0. The van der Waals surface area contributed by atoms with Crippen LogP contribution in [0.5, 0.6) is 0 Å². The van der Waals surface area contributed by atoms with Crippen molar-refractivity contribution in [2.24, 2.45) is 0 Å². The summed E-state index contributed by atoms with van der Waals surface area (Å²) in [6.07, 6.45) is 6.69. The summed E-state index contributed by atoms with van der Waals surface area (Å²) in [7, 11) is 0. The van der Waals surface area contributed by atoms with E-state index in [1.54, 1.807) is 0 Å². The maximum atomic E-state index is 12.9. The highest BCUT2D eigenvalue weighted by Gasteiger charge is 2.38. The van der Waals surface area contributed by atoms with E-state index in [0.717, 1.165) is 58.2 Å². The number of benzene rings is 1. The van der Waals surface area contributed by atoms with Crippen molar-refractivity contribution in [3.63, 3.8) is 0 Å². The first kappa shape index (κ1) is 15.7. The van der Waals surface area contributed by atoms with Gasteiger partial charge in [0.25, 0.3) is 0 Å². The van der Waals surface area contributed by atoms with E-state index in [-0.39, 0.29) is 17.9 Å². The summed E-state index contributed by atoms with van der Waals surface area (Å²) in [5.74, 6) is 0.689. The second kappa shape index (κ2) is 6.58. The monoisotopic (exact) mass is 326 g/mol. The third kappa shape index (κ3) is 2.83. The lowest BCUT2D eigenvalue weighted by Crippen LogP contribution is -2.47. The number of carbonyl (C=O) groups is 2. The lowest BCUT2D eigenvalue weighted by atomic mass is 9.97. The number of hydrogen-bond acceptors (Lipinski definition) is 2. The van der Waals surface area contributed by atoms with E-state index in [1.165, 1.54) is 11.1 Å². The molecule has 2 amide bonds. The number of likely N-dealkylation sites (tertiary alicyclic amines) is 2. The molecule has 0 aromatic heterocycles. The SMILES string of the molecule is O=C([C@H]1CCCN1C(=O)CC1CCc2ccccc21)N1CCCC1. The van der Waals surface area contributed by atoms with Gasteiger partial charge in [0.2, 0.25) is 11.8 Å². The maximum Gasteiger partial charge on any atom is 0.245 e. The van der Waals surface area contributed by atoms with E-state index < -0.39 is 0 Å². The van der Waals surface area contributed by atoms with Crippen LogP contribution in [-0.2, 0) is 16.0 Å². The van der Waals surface area contributed by atoms with E-state index in [4.69, 9.17) is 0 Å². The average molecular weight is 326 g/mol. The lowest BCUT2D eigenvalue weighted by Gasteiger charge is -2.28. The zero-order valence-corrected chi connectivity index (χ0v) is 14.2. The molecule has 1 aromatic rings. The Balaban J connectivity index is 1.43. The van der Waals surface area contributed by atoms with Gasteiger partial charge >= 0.3 is 0 Å². The van der Waals surface area contributed by atoms with Gasteiger partial charge in [0, 0.05) is 26.1 Å². The van der Waals surface area contributed by atoms with Crippen molar-refractivity contribution >= 4 is 11.8 Å². The molecule has 1 unspecified atom stereocenters. The number of fused-ring (bicyclic) bond motifs is 1. The minimum Gasteiger partial charge on any atom is -0.341 e. The Bertz CT molecular complexity index is 636. The van der Waals surface area contributed by atoms with Gasteiger partial charge in [-0.15, -0.1) is 0 Å². The molecule has 0 spiro atoms. The fraction of sp³-hybridized carbons (Fsp3) is 0.600. The second-order valence-electron chi connectivity index (χ2n) is 7.42. The van der Waals surface area contributed by atoms with E-state index in [9.17, 15) is 9.59 Å². The van der Waals surface area contributed by atoms with Gasteiger partial charge in [0.15, 0.2) is 0 Å². The second-order valence-corrected chi connectivity index (χ2v) is 7.42. The van der Waals surface area contributed by atoms with Gasteiger partial charge in [-0.1, -0.05) is 24.3 Å². The molecule has 0 N–H and O–H groups in total. The molecule has 0 saturated carbocycles. The third-order valence-corrected chi connectivity index (χ3v) is 5.95. The molecular weight excluding hydrogens is 300 g/mol. The van der Waals surface area contributed by atoms with Gasteiger partial charge in [-0.25, -0.2) is 0 Å². The standard InChI is InChI=1S/C20H26N2O2/c23-19(14-16-10-9-15-6-1-2-7-17(15)16)22-13-5-8-18(22)20(24)21-11-3-4-12-21/h1-2,6-7,16,18H,3-5,8-14H2/t16?,18-/m1/s1. The predicted molar refractivity (Wildman–Crippen MR) is 92.7 cm³/mol. The van der Waals surface area contributed by atoms with Crippen molar-refractivity contribution in [2.45, 2.75) is 56.9 Å². The van der Waals surface area contributed by atoms with Crippen LogP contribution in [-0.4, -0.2) is 47.3 Å². The van der Waals surface area contributed by atoms with Gasteiger partial charge in [-0.05, 0) is 55.6 Å². The summed E-state index contributed by atoms with van der Waals surface area (Å²) in [5, 5.41) is 0. The molecule has 4 heteroatoms. The van der Waals surface area contributed by atoms with E-state index >= 15 is 0 Å². The molecule has 2 fully saturated rings. The summed E-state index contributed by atoms with van der Waals surface area (Å²) in [4.78, 5) is 29.5. The molecule has 0 bridgehead atoms. The van der Waals surface area contributed by atoms with E-state index in [1.807, 2.05) is 9.80 Å². The van der Waals surface area contributed by atoms with Crippen molar-refractivity contribution < 1.29 is 9.59 Å². The molecule has 3 aliphatic rings. The summed E-state index contributed by atoms with van der Waals surface area (Å²) in [6.45, 7) is 2.48. The maximum absolute atomic E-state index is 12.9. The van der Waals surface area contributed by atoms with Gasteiger partial charge in [-0.2, -0.15) is 0 Å². The van der Waals surface area contributed by atoms with Crippen molar-refractivity contribution in [1.82, 2.24) is 9.80 Å². The van der Waals surface area contributed by atoms with Crippen LogP contribution in [0.25, 0.3) is 0 Å². The normalized spacial score (nSPS) is 26.0. The molecular formula is C20H26N2O2. The zero-order chi connectivity index (χ0) is 16.5. The molecule has 0 radical (unpaired) electrons. The molecule has 4 rings (SSSR count). The molecule has 1 aliphatic carbocycles. The predicted octanol–water partition coefficient (Wildman–Crippen LogP) is 2.72. The topological polar surface area (TPSA) is 40.6 Å². The van der Waals surface area contributed by atoms with E-state index in [2.05, 4.69) is 24.3 Å². The highest BCUT2D eigenvalue weighted by atomic mass is 16.2. The first-order valence-electron chi connectivity index (χ1n) is 9.40. The summed E-state index contributed by atoms with van der Waals surface area (Å²) in [5.41, 5.74) is 2.73. The van der Waals surface area contributed by atoms with Gasteiger partial charge < -0.3 is 9.80 Å². The van der Waals surface area contributed by atoms with Crippen LogP contribution in [0.3, 0.4) is 0 Å². The smallest absolute Gasteiger partial charge is 0.245 e. The fourth-order valence-corrected chi connectivity index (χ4v) is 4.66. The Morgan fingerprint density at radius 1 is 1.00 bits per heavy atom. The number of amides is 2. The Hall–Kier alpha value is -1.84. The van der Waals surface area contributed by atoms with Gasteiger partial charge in [0.05, 0.1) is 0 Å². The van der Waals surface area contributed by atoms with Crippen LogP contribution in [0.2, 0.25) is 0 Å².